The van der Waals surface area contributed by atoms with Crippen LogP contribution in [0, 0.1) is 11.8 Å². The third kappa shape index (κ3) is 3.34. The summed E-state index contributed by atoms with van der Waals surface area (Å²) < 4.78 is 0. The number of carbonyl (C=O) groups excluding carboxylic acids is 1. The highest BCUT2D eigenvalue weighted by Gasteiger charge is 2.34. The Balaban J connectivity index is 2.37. The maximum atomic E-state index is 12.8. The van der Waals surface area contributed by atoms with Gasteiger partial charge in [-0.2, -0.15) is 0 Å². The highest BCUT2D eigenvalue weighted by Crippen LogP contribution is 2.41. The number of anilines is 1. The molecule has 0 amide bonds. The quantitative estimate of drug-likeness (QED) is 0.841. The SMILES string of the molecule is C=C1C(=O)c2c(O)ccc(N(C)C)c2C[C@H]1C[C@H](C)[C@@H](C)N(C)C. The molecule has 1 aromatic rings. The van der Waals surface area contributed by atoms with Gasteiger partial charge >= 0.3 is 0 Å². The molecule has 2 rings (SSSR count). The summed E-state index contributed by atoms with van der Waals surface area (Å²) in [5.41, 5.74) is 3.02. The standard InChI is InChI=1S/C20H30N2O2/c1-12(14(3)21(4)5)10-15-11-16-17(22(6)7)8-9-18(23)19(16)20(24)13(15)2/h8-9,12,14-15,23H,2,10-11H2,1,3-7H3/t12-,14+,15+/m0/s1. The van der Waals surface area contributed by atoms with Gasteiger partial charge < -0.3 is 14.9 Å². The molecule has 1 aliphatic rings. The molecule has 1 aliphatic carbocycles. The second-order valence-electron chi connectivity index (χ2n) is 7.52. The Kier molecular flexibility index (Phi) is 5.38. The van der Waals surface area contributed by atoms with Crippen LogP contribution in [0.15, 0.2) is 24.3 Å². The third-order valence-electron chi connectivity index (χ3n) is 5.50. The number of phenols is 1. The minimum Gasteiger partial charge on any atom is -0.507 e. The summed E-state index contributed by atoms with van der Waals surface area (Å²) in [6, 6.07) is 3.93. The first kappa shape index (κ1) is 18.5. The molecular weight excluding hydrogens is 300 g/mol. The number of carbonyl (C=O) groups is 1. The van der Waals surface area contributed by atoms with Gasteiger partial charge in [0.2, 0.25) is 0 Å². The number of benzene rings is 1. The van der Waals surface area contributed by atoms with Crippen LogP contribution in [0.25, 0.3) is 0 Å². The summed E-state index contributed by atoms with van der Waals surface area (Å²) in [5.74, 6) is 0.543. The highest BCUT2D eigenvalue weighted by atomic mass is 16.3. The van der Waals surface area contributed by atoms with E-state index in [1.807, 2.05) is 25.1 Å². The van der Waals surface area contributed by atoms with Crippen LogP contribution in [0.2, 0.25) is 0 Å². The van der Waals surface area contributed by atoms with Gasteiger partial charge in [-0.05, 0) is 69.0 Å². The minimum atomic E-state index is -0.104. The number of rotatable bonds is 5. The van der Waals surface area contributed by atoms with Crippen molar-refractivity contribution < 1.29 is 9.90 Å². The Labute approximate surface area is 145 Å². The molecule has 4 heteroatoms. The van der Waals surface area contributed by atoms with E-state index in [0.29, 0.717) is 23.1 Å². The largest absolute Gasteiger partial charge is 0.507 e. The molecular formula is C20H30N2O2. The number of hydrogen-bond donors (Lipinski definition) is 1. The van der Waals surface area contributed by atoms with Crippen molar-refractivity contribution in [3.8, 4) is 5.75 Å². The summed E-state index contributed by atoms with van der Waals surface area (Å²) in [7, 11) is 8.09. The zero-order valence-corrected chi connectivity index (χ0v) is 15.8. The van der Waals surface area contributed by atoms with Gasteiger partial charge in [0.05, 0.1) is 5.56 Å². The van der Waals surface area contributed by atoms with E-state index in [4.69, 9.17) is 0 Å². The maximum absolute atomic E-state index is 12.8. The summed E-state index contributed by atoms with van der Waals surface area (Å²) in [4.78, 5) is 17.0. The van der Waals surface area contributed by atoms with Gasteiger partial charge in [0, 0.05) is 25.8 Å². The van der Waals surface area contributed by atoms with E-state index in [2.05, 4.69) is 39.4 Å². The van der Waals surface area contributed by atoms with Crippen LogP contribution in [-0.4, -0.2) is 50.0 Å². The fourth-order valence-corrected chi connectivity index (χ4v) is 3.60. The van der Waals surface area contributed by atoms with Crippen LogP contribution in [0.3, 0.4) is 0 Å². The first-order valence-electron chi connectivity index (χ1n) is 8.57. The van der Waals surface area contributed by atoms with Crippen molar-refractivity contribution in [1.82, 2.24) is 4.90 Å². The van der Waals surface area contributed by atoms with E-state index < -0.39 is 0 Å². The lowest BCUT2D eigenvalue weighted by molar-refractivity contribution is 0.100. The van der Waals surface area contributed by atoms with Crippen molar-refractivity contribution in [2.45, 2.75) is 32.7 Å². The normalized spacial score (nSPS) is 20.0. The molecule has 1 aromatic carbocycles. The van der Waals surface area contributed by atoms with Crippen LogP contribution in [0.5, 0.6) is 5.75 Å². The van der Waals surface area contributed by atoms with Gasteiger partial charge in [0.1, 0.15) is 5.75 Å². The first-order valence-corrected chi connectivity index (χ1v) is 8.57. The van der Waals surface area contributed by atoms with Crippen LogP contribution in [0.4, 0.5) is 5.69 Å². The molecule has 4 nitrogen and oxygen atoms in total. The smallest absolute Gasteiger partial charge is 0.192 e. The van der Waals surface area contributed by atoms with Crippen LogP contribution in [-0.2, 0) is 6.42 Å². The predicted octanol–water partition coefficient (Wildman–Crippen LogP) is 3.35. The molecule has 0 unspecified atom stereocenters. The lowest BCUT2D eigenvalue weighted by Crippen LogP contribution is -2.34. The fourth-order valence-electron chi connectivity index (χ4n) is 3.60. The molecule has 24 heavy (non-hydrogen) atoms. The number of ketones is 1. The van der Waals surface area contributed by atoms with Crippen molar-refractivity contribution >= 4 is 11.5 Å². The summed E-state index contributed by atoms with van der Waals surface area (Å²) in [6.07, 6.45) is 1.68. The number of aromatic hydroxyl groups is 1. The average molecular weight is 330 g/mol. The van der Waals surface area contributed by atoms with Crippen molar-refractivity contribution in [2.75, 3.05) is 33.1 Å². The summed E-state index contributed by atoms with van der Waals surface area (Å²) in [6.45, 7) is 8.50. The van der Waals surface area contributed by atoms with Gasteiger partial charge in [0.15, 0.2) is 5.78 Å². The average Bonchev–Trinajstić information content (AvgIpc) is 2.50. The zero-order valence-electron chi connectivity index (χ0n) is 15.8. The van der Waals surface area contributed by atoms with Crippen LogP contribution in [0.1, 0.15) is 36.2 Å². The Morgan fingerprint density at radius 2 is 1.88 bits per heavy atom. The molecule has 0 saturated carbocycles. The van der Waals surface area contributed by atoms with Gasteiger partial charge in [-0.25, -0.2) is 0 Å². The predicted molar refractivity (Wildman–Crippen MR) is 100 cm³/mol. The molecule has 0 saturated heterocycles. The van der Waals surface area contributed by atoms with E-state index in [9.17, 15) is 9.90 Å². The Morgan fingerprint density at radius 3 is 2.42 bits per heavy atom. The second kappa shape index (κ2) is 6.98. The number of phenolic OH excluding ortho intramolecular Hbond substituents is 1. The number of Topliss-reactive ketones (excluding diaryl/α,β-unsaturated/α-hetero) is 1. The second-order valence-corrected chi connectivity index (χ2v) is 7.52. The van der Waals surface area contributed by atoms with Crippen molar-refractivity contribution in [1.29, 1.82) is 0 Å². The number of hydrogen-bond acceptors (Lipinski definition) is 4. The summed E-state index contributed by atoms with van der Waals surface area (Å²) >= 11 is 0. The molecule has 0 fully saturated rings. The third-order valence-corrected chi connectivity index (χ3v) is 5.50. The molecule has 0 aromatic heterocycles. The molecule has 0 aliphatic heterocycles. The molecule has 1 N–H and O–H groups in total. The van der Waals surface area contributed by atoms with E-state index in [-0.39, 0.29) is 17.5 Å². The van der Waals surface area contributed by atoms with Crippen LogP contribution >= 0.6 is 0 Å². The van der Waals surface area contributed by atoms with Gasteiger partial charge in [-0.15, -0.1) is 0 Å². The lowest BCUT2D eigenvalue weighted by Gasteiger charge is -2.34. The van der Waals surface area contributed by atoms with E-state index in [1.165, 1.54) is 0 Å². The molecule has 0 radical (unpaired) electrons. The van der Waals surface area contributed by atoms with Crippen LogP contribution < -0.4 is 4.90 Å². The summed E-state index contributed by atoms with van der Waals surface area (Å²) in [5, 5.41) is 10.2. The Hall–Kier alpha value is -1.81. The van der Waals surface area contributed by atoms with Gasteiger partial charge in [-0.3, -0.25) is 4.79 Å². The molecule has 3 atom stereocenters. The van der Waals surface area contributed by atoms with Gasteiger partial charge in [0.25, 0.3) is 0 Å². The number of nitrogens with zero attached hydrogens (tertiary/aromatic N) is 2. The monoisotopic (exact) mass is 330 g/mol. The molecule has 0 heterocycles. The van der Waals surface area contributed by atoms with E-state index in [0.717, 1.165) is 24.1 Å². The highest BCUT2D eigenvalue weighted by molar-refractivity contribution is 6.13. The fraction of sp³-hybridized carbons (Fsp3) is 0.550. The zero-order chi connectivity index (χ0) is 18.2. The van der Waals surface area contributed by atoms with E-state index >= 15 is 0 Å². The number of allylic oxidation sites excluding steroid dienone is 1. The Morgan fingerprint density at radius 1 is 1.25 bits per heavy atom. The molecule has 0 spiro atoms. The van der Waals surface area contributed by atoms with Crippen molar-refractivity contribution in [3.05, 3.63) is 35.4 Å². The van der Waals surface area contributed by atoms with Crippen molar-refractivity contribution in [2.24, 2.45) is 11.8 Å². The topological polar surface area (TPSA) is 43.8 Å². The van der Waals surface area contributed by atoms with Crippen molar-refractivity contribution in [3.63, 3.8) is 0 Å². The molecule has 132 valence electrons. The lowest BCUT2D eigenvalue weighted by atomic mass is 9.74. The Bertz CT molecular complexity index is 649. The minimum absolute atomic E-state index is 0.0647. The molecule has 0 bridgehead atoms. The maximum Gasteiger partial charge on any atom is 0.192 e. The van der Waals surface area contributed by atoms with E-state index in [1.54, 1.807) is 6.07 Å². The van der Waals surface area contributed by atoms with Gasteiger partial charge in [-0.1, -0.05) is 13.5 Å². The first-order chi connectivity index (χ1) is 11.1. The number of fused-ring (bicyclic) bond motifs is 1.